The predicted molar refractivity (Wildman–Crippen MR) is 92.7 cm³/mol. The fourth-order valence-electron chi connectivity index (χ4n) is 2.54. The van der Waals surface area contributed by atoms with Gasteiger partial charge >= 0.3 is 0 Å². The van der Waals surface area contributed by atoms with Crippen molar-refractivity contribution in [1.29, 1.82) is 0 Å². The third-order valence-corrected chi connectivity index (χ3v) is 3.73. The van der Waals surface area contributed by atoms with Gasteiger partial charge in [0.15, 0.2) is 0 Å². The number of nitrogens with one attached hydrogen (secondary N) is 2. The number of fused-ring (bicyclic) bond motifs is 1. The summed E-state index contributed by atoms with van der Waals surface area (Å²) >= 11 is 0. The zero-order chi connectivity index (χ0) is 17.6. The number of hydrogen-bond donors (Lipinski definition) is 2. The normalized spacial score (nSPS) is 12.1. The molecule has 0 saturated carbocycles. The molecule has 8 nitrogen and oxygen atoms in total. The number of aryl methyl sites for hydroxylation is 1. The zero-order valence-corrected chi connectivity index (χ0v) is 14.2. The van der Waals surface area contributed by atoms with Gasteiger partial charge in [-0.05, 0) is 18.6 Å². The molecule has 1 aromatic carbocycles. The zero-order valence-electron chi connectivity index (χ0n) is 14.2. The Morgan fingerprint density at radius 1 is 1.24 bits per heavy atom. The van der Waals surface area contributed by atoms with Crippen molar-refractivity contribution >= 4 is 22.6 Å². The first-order valence-corrected chi connectivity index (χ1v) is 8.20. The molecule has 0 aliphatic carbocycles. The van der Waals surface area contributed by atoms with E-state index in [1.807, 2.05) is 31.2 Å². The maximum Gasteiger partial charge on any atom is 0.242 e. The maximum absolute atomic E-state index is 12.5. The molecular weight excluding hydrogens is 320 g/mol. The van der Waals surface area contributed by atoms with Crippen molar-refractivity contribution in [3.63, 3.8) is 0 Å². The minimum absolute atomic E-state index is 0.139. The molecule has 1 atom stereocenters. The van der Waals surface area contributed by atoms with Crippen molar-refractivity contribution in [3.8, 4) is 0 Å². The van der Waals surface area contributed by atoms with E-state index in [-0.39, 0.29) is 12.5 Å². The molecule has 0 radical (unpaired) electrons. The predicted octanol–water partition coefficient (Wildman–Crippen LogP) is 2.22. The number of nitrogens with zero attached hydrogens (tertiary/aromatic N) is 4. The van der Waals surface area contributed by atoms with Gasteiger partial charge in [0.2, 0.25) is 17.7 Å². The highest BCUT2D eigenvalue weighted by Crippen LogP contribution is 2.20. The lowest BCUT2D eigenvalue weighted by Gasteiger charge is -2.18. The van der Waals surface area contributed by atoms with Crippen LogP contribution >= 0.6 is 0 Å². The van der Waals surface area contributed by atoms with Gasteiger partial charge < -0.3 is 15.1 Å². The molecule has 0 saturated heterocycles. The number of carbonyl (C=O) groups excluding carboxylic acids is 1. The second kappa shape index (κ2) is 7.69. The minimum Gasteiger partial charge on any atom is -0.424 e. The van der Waals surface area contributed by atoms with Crippen LogP contribution in [-0.4, -0.2) is 32.1 Å². The van der Waals surface area contributed by atoms with Crippen LogP contribution in [0.2, 0.25) is 0 Å². The lowest BCUT2D eigenvalue weighted by atomic mass is 10.1. The topological polar surface area (TPSA) is 106 Å². The van der Waals surface area contributed by atoms with Crippen LogP contribution in [0.25, 0.3) is 10.9 Å². The number of anilines is 1. The Balaban J connectivity index is 1.72. The monoisotopic (exact) mass is 340 g/mol. The van der Waals surface area contributed by atoms with Crippen LogP contribution in [0.1, 0.15) is 31.5 Å². The van der Waals surface area contributed by atoms with Gasteiger partial charge in [0.05, 0.1) is 12.1 Å². The van der Waals surface area contributed by atoms with E-state index >= 15 is 0 Å². The Bertz CT molecular complexity index is 858. The Morgan fingerprint density at radius 2 is 2.08 bits per heavy atom. The van der Waals surface area contributed by atoms with E-state index < -0.39 is 6.04 Å². The van der Waals surface area contributed by atoms with Crippen LogP contribution in [0.15, 0.2) is 35.0 Å². The number of hydrogen-bond acceptors (Lipinski definition) is 7. The summed E-state index contributed by atoms with van der Waals surface area (Å²) in [6.07, 6.45) is 3.02. The number of aromatic nitrogens is 4. The standard InChI is InChI=1S/C17H20N6O2/c1-3-6-14(17(24)18-9-15-23-22-11(2)25-15)21-16-12-7-4-5-8-13(12)19-10-20-16/h4-5,7-8,10,14H,3,6,9H2,1-2H3,(H,18,24)(H,19,20,21). The molecular formula is C17H20N6O2. The average Bonchev–Trinajstić information content (AvgIpc) is 3.05. The second-order valence-corrected chi connectivity index (χ2v) is 5.66. The molecule has 25 heavy (non-hydrogen) atoms. The van der Waals surface area contributed by atoms with E-state index in [2.05, 4.69) is 30.8 Å². The maximum atomic E-state index is 12.5. The Morgan fingerprint density at radius 3 is 2.84 bits per heavy atom. The van der Waals surface area contributed by atoms with Crippen molar-refractivity contribution in [1.82, 2.24) is 25.5 Å². The summed E-state index contributed by atoms with van der Waals surface area (Å²) in [6.45, 7) is 3.94. The fraction of sp³-hybridized carbons (Fsp3) is 0.353. The lowest BCUT2D eigenvalue weighted by Crippen LogP contribution is -2.39. The van der Waals surface area contributed by atoms with Gasteiger partial charge in [0, 0.05) is 12.3 Å². The van der Waals surface area contributed by atoms with E-state index in [0.717, 1.165) is 17.3 Å². The SMILES string of the molecule is CCCC(Nc1ncnc2ccccc12)C(=O)NCc1nnc(C)o1. The highest BCUT2D eigenvalue weighted by Gasteiger charge is 2.19. The van der Waals surface area contributed by atoms with Crippen LogP contribution in [0.3, 0.4) is 0 Å². The third kappa shape index (κ3) is 4.09. The molecule has 2 heterocycles. The summed E-state index contributed by atoms with van der Waals surface area (Å²) in [5, 5.41) is 14.6. The first-order valence-electron chi connectivity index (χ1n) is 8.20. The van der Waals surface area contributed by atoms with Gasteiger partial charge in [-0.3, -0.25) is 4.79 Å². The number of rotatable bonds is 7. The number of benzene rings is 1. The van der Waals surface area contributed by atoms with Crippen LogP contribution in [0.5, 0.6) is 0 Å². The van der Waals surface area contributed by atoms with Crippen LogP contribution in [0, 0.1) is 6.92 Å². The summed E-state index contributed by atoms with van der Waals surface area (Å²) in [7, 11) is 0. The molecule has 1 unspecified atom stereocenters. The number of carbonyl (C=O) groups is 1. The van der Waals surface area contributed by atoms with Crippen LogP contribution < -0.4 is 10.6 Å². The molecule has 0 aliphatic rings. The smallest absolute Gasteiger partial charge is 0.242 e. The van der Waals surface area contributed by atoms with Crippen molar-refractivity contribution in [2.45, 2.75) is 39.3 Å². The number of para-hydroxylation sites is 1. The summed E-state index contributed by atoms with van der Waals surface area (Å²) in [6, 6.07) is 7.27. The Kier molecular flexibility index (Phi) is 5.17. The summed E-state index contributed by atoms with van der Waals surface area (Å²) in [5.74, 6) is 1.36. The molecule has 8 heteroatoms. The second-order valence-electron chi connectivity index (χ2n) is 5.66. The molecule has 3 rings (SSSR count). The quantitative estimate of drug-likeness (QED) is 0.679. The third-order valence-electron chi connectivity index (χ3n) is 3.73. The minimum atomic E-state index is -0.410. The van der Waals surface area contributed by atoms with Crippen molar-refractivity contribution < 1.29 is 9.21 Å². The summed E-state index contributed by atoms with van der Waals surface area (Å²) in [4.78, 5) is 21.1. The van der Waals surface area contributed by atoms with Crippen LogP contribution in [-0.2, 0) is 11.3 Å². The van der Waals surface area contributed by atoms with Crippen molar-refractivity contribution in [2.24, 2.45) is 0 Å². The molecule has 0 spiro atoms. The molecule has 0 aliphatic heterocycles. The Hall–Kier alpha value is -3.03. The molecule has 0 fully saturated rings. The average molecular weight is 340 g/mol. The molecule has 2 aromatic heterocycles. The molecule has 130 valence electrons. The highest BCUT2D eigenvalue weighted by atomic mass is 16.4. The van der Waals surface area contributed by atoms with E-state index in [1.54, 1.807) is 6.92 Å². The molecule has 0 bridgehead atoms. The fourth-order valence-corrected chi connectivity index (χ4v) is 2.54. The summed E-state index contributed by atoms with van der Waals surface area (Å²) < 4.78 is 5.27. The van der Waals surface area contributed by atoms with E-state index in [0.29, 0.717) is 24.0 Å². The van der Waals surface area contributed by atoms with E-state index in [9.17, 15) is 4.79 Å². The first-order chi connectivity index (χ1) is 12.2. The first kappa shape index (κ1) is 16.8. The van der Waals surface area contributed by atoms with Crippen molar-refractivity contribution in [2.75, 3.05) is 5.32 Å². The molecule has 3 aromatic rings. The van der Waals surface area contributed by atoms with E-state index in [1.165, 1.54) is 6.33 Å². The van der Waals surface area contributed by atoms with Gasteiger partial charge in [0.25, 0.3) is 0 Å². The number of amides is 1. The molecule has 1 amide bonds. The van der Waals surface area contributed by atoms with Gasteiger partial charge in [-0.25, -0.2) is 9.97 Å². The van der Waals surface area contributed by atoms with Gasteiger partial charge in [-0.2, -0.15) is 0 Å². The molecule has 2 N–H and O–H groups in total. The lowest BCUT2D eigenvalue weighted by molar-refractivity contribution is -0.122. The highest BCUT2D eigenvalue weighted by molar-refractivity contribution is 5.91. The van der Waals surface area contributed by atoms with Gasteiger partial charge in [-0.15, -0.1) is 10.2 Å². The van der Waals surface area contributed by atoms with Crippen molar-refractivity contribution in [3.05, 3.63) is 42.4 Å². The van der Waals surface area contributed by atoms with Gasteiger partial charge in [-0.1, -0.05) is 25.5 Å². The summed E-state index contributed by atoms with van der Waals surface area (Å²) in [5.41, 5.74) is 0.831. The van der Waals surface area contributed by atoms with Gasteiger partial charge in [0.1, 0.15) is 18.2 Å². The van der Waals surface area contributed by atoms with E-state index in [4.69, 9.17) is 4.42 Å². The Labute approximate surface area is 145 Å². The van der Waals surface area contributed by atoms with Crippen LogP contribution in [0.4, 0.5) is 5.82 Å². The largest absolute Gasteiger partial charge is 0.424 e.